The van der Waals surface area contributed by atoms with Gasteiger partial charge in [-0.2, -0.15) is 0 Å². The average molecular weight is 286 g/mol. The van der Waals surface area contributed by atoms with Crippen LogP contribution in [0.25, 0.3) is 0 Å². The van der Waals surface area contributed by atoms with Crippen LogP contribution >= 0.6 is 0 Å². The van der Waals surface area contributed by atoms with Gasteiger partial charge in [0, 0.05) is 19.1 Å². The van der Waals surface area contributed by atoms with Crippen LogP contribution in [0.4, 0.5) is 0 Å². The molecule has 0 N–H and O–H groups in total. The van der Waals surface area contributed by atoms with Crippen LogP contribution in [-0.4, -0.2) is 26.4 Å². The van der Waals surface area contributed by atoms with Gasteiger partial charge in [0.1, 0.15) is 0 Å². The molecule has 0 saturated carbocycles. The van der Waals surface area contributed by atoms with Gasteiger partial charge in [0.05, 0.1) is 13.2 Å². The fraction of sp³-hybridized carbons (Fsp3) is 1.00. The first-order chi connectivity index (χ1) is 9.52. The van der Waals surface area contributed by atoms with Gasteiger partial charge in [0.15, 0.2) is 0 Å². The lowest BCUT2D eigenvalue weighted by molar-refractivity contribution is -0.00488. The predicted molar refractivity (Wildman–Crippen MR) is 88.3 cm³/mol. The van der Waals surface area contributed by atoms with E-state index in [1.807, 2.05) is 0 Å². The molecule has 0 bridgehead atoms. The molecule has 0 amide bonds. The maximum absolute atomic E-state index is 5.88. The Bertz CT molecular complexity index is 196. The molecule has 0 rings (SSSR count). The summed E-state index contributed by atoms with van der Waals surface area (Å²) in [7, 11) is 0. The second-order valence-corrected chi connectivity index (χ2v) is 6.98. The van der Waals surface area contributed by atoms with Crippen molar-refractivity contribution < 1.29 is 9.47 Å². The van der Waals surface area contributed by atoms with E-state index in [1.54, 1.807) is 0 Å². The van der Waals surface area contributed by atoms with Crippen LogP contribution in [0.2, 0.25) is 0 Å². The molecule has 122 valence electrons. The van der Waals surface area contributed by atoms with E-state index in [0.29, 0.717) is 5.92 Å². The third-order valence-corrected chi connectivity index (χ3v) is 3.85. The van der Waals surface area contributed by atoms with Gasteiger partial charge >= 0.3 is 0 Å². The molecule has 0 saturated heterocycles. The second kappa shape index (κ2) is 12.6. The zero-order valence-corrected chi connectivity index (χ0v) is 14.7. The van der Waals surface area contributed by atoms with Gasteiger partial charge in [-0.3, -0.25) is 0 Å². The van der Waals surface area contributed by atoms with E-state index in [-0.39, 0.29) is 5.41 Å². The Morgan fingerprint density at radius 3 is 1.80 bits per heavy atom. The normalized spacial score (nSPS) is 13.7. The Morgan fingerprint density at radius 2 is 1.25 bits per heavy atom. The molecular formula is C18H38O2. The molecule has 0 fully saturated rings. The summed E-state index contributed by atoms with van der Waals surface area (Å²) in [5, 5.41) is 0. The summed E-state index contributed by atoms with van der Waals surface area (Å²) in [6, 6.07) is 0. The molecule has 0 aromatic rings. The van der Waals surface area contributed by atoms with E-state index in [9.17, 15) is 0 Å². The highest BCUT2D eigenvalue weighted by molar-refractivity contribution is 4.73. The summed E-state index contributed by atoms with van der Waals surface area (Å²) in [5.41, 5.74) is 0.259. The first-order valence-corrected chi connectivity index (χ1v) is 8.67. The second-order valence-electron chi connectivity index (χ2n) is 6.98. The van der Waals surface area contributed by atoms with Gasteiger partial charge in [-0.1, -0.05) is 66.7 Å². The molecule has 1 unspecified atom stereocenters. The van der Waals surface area contributed by atoms with Gasteiger partial charge in [-0.15, -0.1) is 0 Å². The minimum Gasteiger partial charge on any atom is -0.381 e. The van der Waals surface area contributed by atoms with E-state index < -0.39 is 0 Å². The first kappa shape index (κ1) is 19.9. The van der Waals surface area contributed by atoms with Crippen molar-refractivity contribution in [3.05, 3.63) is 0 Å². The van der Waals surface area contributed by atoms with Gasteiger partial charge in [-0.25, -0.2) is 0 Å². The lowest BCUT2D eigenvalue weighted by Gasteiger charge is -2.30. The molecule has 0 radical (unpaired) electrons. The summed E-state index contributed by atoms with van der Waals surface area (Å²) in [5.74, 6) is 0.495. The van der Waals surface area contributed by atoms with Crippen LogP contribution in [0.3, 0.4) is 0 Å². The van der Waals surface area contributed by atoms with Gasteiger partial charge < -0.3 is 9.47 Å². The molecule has 0 aromatic heterocycles. The first-order valence-electron chi connectivity index (χ1n) is 8.67. The molecule has 20 heavy (non-hydrogen) atoms. The van der Waals surface area contributed by atoms with Crippen molar-refractivity contribution in [2.45, 2.75) is 79.6 Å². The number of hydrogen-bond donors (Lipinski definition) is 0. The number of unbranched alkanes of at least 4 members (excludes halogenated alkanes) is 5. The Balaban J connectivity index is 3.64. The van der Waals surface area contributed by atoms with Crippen LogP contribution < -0.4 is 0 Å². The minimum absolute atomic E-state index is 0.259. The van der Waals surface area contributed by atoms with Gasteiger partial charge in [0.25, 0.3) is 0 Å². The van der Waals surface area contributed by atoms with Gasteiger partial charge in [0.2, 0.25) is 0 Å². The Labute approximate surface area is 127 Å². The van der Waals surface area contributed by atoms with Crippen molar-refractivity contribution in [2.24, 2.45) is 11.3 Å². The third kappa shape index (κ3) is 11.7. The van der Waals surface area contributed by atoms with Crippen molar-refractivity contribution in [1.29, 1.82) is 0 Å². The fourth-order valence-corrected chi connectivity index (χ4v) is 2.13. The molecule has 2 nitrogen and oxygen atoms in total. The lowest BCUT2D eigenvalue weighted by atomic mass is 9.82. The van der Waals surface area contributed by atoms with Crippen molar-refractivity contribution >= 4 is 0 Å². The van der Waals surface area contributed by atoms with Crippen molar-refractivity contribution in [3.63, 3.8) is 0 Å². The molecule has 0 aliphatic heterocycles. The third-order valence-electron chi connectivity index (χ3n) is 3.85. The van der Waals surface area contributed by atoms with Crippen molar-refractivity contribution in [3.8, 4) is 0 Å². The Hall–Kier alpha value is -0.0800. The van der Waals surface area contributed by atoms with Crippen LogP contribution in [0.1, 0.15) is 79.6 Å². The van der Waals surface area contributed by atoms with E-state index in [1.165, 1.54) is 38.5 Å². The van der Waals surface area contributed by atoms with Crippen LogP contribution in [0.5, 0.6) is 0 Å². The van der Waals surface area contributed by atoms with Crippen molar-refractivity contribution in [1.82, 2.24) is 0 Å². The summed E-state index contributed by atoms with van der Waals surface area (Å²) in [6.45, 7) is 14.7. The highest BCUT2D eigenvalue weighted by Crippen LogP contribution is 2.26. The van der Waals surface area contributed by atoms with E-state index >= 15 is 0 Å². The highest BCUT2D eigenvalue weighted by atomic mass is 16.5. The molecule has 1 atom stereocenters. The fourth-order valence-electron chi connectivity index (χ4n) is 2.13. The molecule has 0 aliphatic rings. The Kier molecular flexibility index (Phi) is 12.6. The zero-order chi connectivity index (χ0) is 15.3. The molecule has 0 aromatic carbocycles. The SMILES string of the molecule is CCCCCCCCOCC(COCCC)C(C)(C)C. The minimum atomic E-state index is 0.259. The summed E-state index contributed by atoms with van der Waals surface area (Å²) in [6.07, 6.45) is 9.05. The maximum Gasteiger partial charge on any atom is 0.0521 e. The van der Waals surface area contributed by atoms with E-state index in [4.69, 9.17) is 9.47 Å². The number of ether oxygens (including phenoxy) is 2. The average Bonchev–Trinajstić information content (AvgIpc) is 2.38. The number of rotatable bonds is 13. The predicted octanol–water partition coefficient (Wildman–Crippen LogP) is 5.45. The molecular weight excluding hydrogens is 248 g/mol. The Morgan fingerprint density at radius 1 is 0.700 bits per heavy atom. The summed E-state index contributed by atoms with van der Waals surface area (Å²) in [4.78, 5) is 0. The largest absolute Gasteiger partial charge is 0.381 e. The number of hydrogen-bond acceptors (Lipinski definition) is 2. The zero-order valence-electron chi connectivity index (χ0n) is 14.7. The van der Waals surface area contributed by atoms with Gasteiger partial charge in [-0.05, 0) is 18.3 Å². The molecule has 0 heterocycles. The topological polar surface area (TPSA) is 18.5 Å². The quantitative estimate of drug-likeness (QED) is 0.419. The molecule has 0 aliphatic carbocycles. The van der Waals surface area contributed by atoms with Crippen LogP contribution in [-0.2, 0) is 9.47 Å². The standard InChI is InChI=1S/C18H38O2/c1-6-8-9-10-11-12-14-20-16-17(18(3,4)5)15-19-13-7-2/h17H,6-16H2,1-5H3. The maximum atomic E-state index is 5.88. The summed E-state index contributed by atoms with van der Waals surface area (Å²) < 4.78 is 11.6. The monoisotopic (exact) mass is 286 g/mol. The highest BCUT2D eigenvalue weighted by Gasteiger charge is 2.24. The molecule has 0 spiro atoms. The lowest BCUT2D eigenvalue weighted by Crippen LogP contribution is -2.30. The van der Waals surface area contributed by atoms with Crippen LogP contribution in [0, 0.1) is 11.3 Å². The smallest absolute Gasteiger partial charge is 0.0521 e. The van der Waals surface area contributed by atoms with E-state index in [0.717, 1.165) is 32.8 Å². The van der Waals surface area contributed by atoms with Crippen molar-refractivity contribution in [2.75, 3.05) is 26.4 Å². The summed E-state index contributed by atoms with van der Waals surface area (Å²) >= 11 is 0. The molecule has 2 heteroatoms. The van der Waals surface area contributed by atoms with E-state index in [2.05, 4.69) is 34.6 Å². The van der Waals surface area contributed by atoms with Crippen LogP contribution in [0.15, 0.2) is 0 Å².